The summed E-state index contributed by atoms with van der Waals surface area (Å²) in [4.78, 5) is 26.3. The van der Waals surface area contributed by atoms with Gasteiger partial charge in [0, 0.05) is 45.2 Å². The number of aliphatic carboxylic acids is 1. The van der Waals surface area contributed by atoms with Gasteiger partial charge < -0.3 is 19.6 Å². The van der Waals surface area contributed by atoms with Crippen LogP contribution in [0.2, 0.25) is 0 Å². The summed E-state index contributed by atoms with van der Waals surface area (Å²) in [5.74, 6) is 1.28. The molecule has 2 saturated heterocycles. The molecule has 0 aliphatic carbocycles. The molecule has 132 valence electrons. The average molecular weight is 335 g/mol. The third kappa shape index (κ3) is 3.76. The quantitative estimate of drug-likeness (QED) is 0.815. The zero-order chi connectivity index (χ0) is 17.1. The van der Waals surface area contributed by atoms with Gasteiger partial charge in [-0.3, -0.25) is 9.69 Å². The number of nitrogens with zero attached hydrogens (tertiary/aromatic N) is 5. The molecule has 0 unspecified atom stereocenters. The van der Waals surface area contributed by atoms with Crippen molar-refractivity contribution >= 4 is 17.6 Å². The van der Waals surface area contributed by atoms with Gasteiger partial charge in [-0.2, -0.15) is 0 Å². The lowest BCUT2D eigenvalue weighted by Crippen LogP contribution is -2.46. The number of ether oxygens (including phenoxy) is 1. The largest absolute Gasteiger partial charge is 0.480 e. The van der Waals surface area contributed by atoms with E-state index in [2.05, 4.69) is 26.7 Å². The number of carboxylic acids is 1. The second-order valence-corrected chi connectivity index (χ2v) is 6.53. The van der Waals surface area contributed by atoms with E-state index in [4.69, 9.17) is 9.84 Å². The number of aromatic nitrogens is 2. The van der Waals surface area contributed by atoms with Gasteiger partial charge in [-0.15, -0.1) is 0 Å². The van der Waals surface area contributed by atoms with Crippen molar-refractivity contribution in [2.75, 3.05) is 62.8 Å². The van der Waals surface area contributed by atoms with Crippen LogP contribution in [-0.2, 0) is 9.53 Å². The number of carbonyl (C=O) groups is 1. The molecule has 0 spiro atoms. The molecule has 0 amide bonds. The van der Waals surface area contributed by atoms with Crippen molar-refractivity contribution in [3.05, 3.63) is 12.4 Å². The van der Waals surface area contributed by atoms with Gasteiger partial charge in [-0.05, 0) is 6.92 Å². The fourth-order valence-corrected chi connectivity index (χ4v) is 3.36. The van der Waals surface area contributed by atoms with Crippen LogP contribution >= 0.6 is 0 Å². The summed E-state index contributed by atoms with van der Waals surface area (Å²) in [6, 6.07) is 2.07. The SMILES string of the molecule is CCN(C)c1cc(N2C[C@@H]3COC[C@H](C2)N(CC(=O)O)C3)ncn1. The van der Waals surface area contributed by atoms with Crippen LogP contribution in [0.4, 0.5) is 11.6 Å². The Morgan fingerprint density at radius 2 is 2.21 bits per heavy atom. The van der Waals surface area contributed by atoms with Crippen molar-refractivity contribution in [1.29, 1.82) is 0 Å². The van der Waals surface area contributed by atoms with E-state index in [1.165, 1.54) is 0 Å². The van der Waals surface area contributed by atoms with Gasteiger partial charge >= 0.3 is 5.97 Å². The monoisotopic (exact) mass is 335 g/mol. The minimum absolute atomic E-state index is 0.0615. The molecule has 1 aromatic heterocycles. The van der Waals surface area contributed by atoms with E-state index in [9.17, 15) is 4.79 Å². The van der Waals surface area contributed by atoms with Crippen molar-refractivity contribution < 1.29 is 14.6 Å². The van der Waals surface area contributed by atoms with Crippen LogP contribution in [0.25, 0.3) is 0 Å². The van der Waals surface area contributed by atoms with Crippen LogP contribution in [-0.4, -0.2) is 85.0 Å². The Labute approximate surface area is 142 Å². The number of hydrogen-bond acceptors (Lipinski definition) is 7. The highest BCUT2D eigenvalue weighted by Gasteiger charge is 2.34. The zero-order valence-electron chi connectivity index (χ0n) is 14.3. The molecule has 2 bridgehead atoms. The van der Waals surface area contributed by atoms with E-state index in [0.717, 1.165) is 37.8 Å². The van der Waals surface area contributed by atoms with Crippen molar-refractivity contribution in [2.24, 2.45) is 5.92 Å². The summed E-state index contributed by atoms with van der Waals surface area (Å²) in [5, 5.41) is 9.16. The Bertz CT molecular complexity index is 585. The Hall–Kier alpha value is -1.93. The minimum atomic E-state index is -0.789. The smallest absolute Gasteiger partial charge is 0.317 e. The third-order valence-corrected chi connectivity index (χ3v) is 4.75. The average Bonchev–Trinajstić information content (AvgIpc) is 2.83. The van der Waals surface area contributed by atoms with Gasteiger partial charge in [0.2, 0.25) is 0 Å². The molecular weight excluding hydrogens is 310 g/mol. The maximum absolute atomic E-state index is 11.2. The normalized spacial score (nSPS) is 24.5. The van der Waals surface area contributed by atoms with Crippen LogP contribution in [0.15, 0.2) is 12.4 Å². The van der Waals surface area contributed by atoms with Crippen LogP contribution in [0, 0.1) is 5.92 Å². The molecule has 0 saturated carbocycles. The highest BCUT2D eigenvalue weighted by atomic mass is 16.5. The molecule has 2 atom stereocenters. The molecule has 2 aliphatic heterocycles. The van der Waals surface area contributed by atoms with Crippen LogP contribution in [0.1, 0.15) is 6.92 Å². The number of hydrogen-bond donors (Lipinski definition) is 1. The van der Waals surface area contributed by atoms with Crippen molar-refractivity contribution in [2.45, 2.75) is 13.0 Å². The first-order chi connectivity index (χ1) is 11.6. The summed E-state index contributed by atoms with van der Waals surface area (Å²) < 4.78 is 5.73. The van der Waals surface area contributed by atoms with E-state index in [0.29, 0.717) is 13.2 Å². The first kappa shape index (κ1) is 16.9. The summed E-state index contributed by atoms with van der Waals surface area (Å²) in [7, 11) is 2.01. The van der Waals surface area contributed by atoms with Gasteiger partial charge in [0.15, 0.2) is 0 Å². The van der Waals surface area contributed by atoms with Crippen molar-refractivity contribution in [3.8, 4) is 0 Å². The molecule has 1 aromatic rings. The predicted octanol–water partition coefficient (Wildman–Crippen LogP) is 0.154. The topological polar surface area (TPSA) is 82.0 Å². The molecule has 2 fully saturated rings. The Kier molecular flexibility index (Phi) is 5.15. The first-order valence-electron chi connectivity index (χ1n) is 8.38. The maximum atomic E-state index is 11.2. The van der Waals surface area contributed by atoms with E-state index in [1.54, 1.807) is 6.33 Å². The van der Waals surface area contributed by atoms with Crippen LogP contribution < -0.4 is 9.80 Å². The van der Waals surface area contributed by atoms with E-state index >= 15 is 0 Å². The highest BCUT2D eigenvalue weighted by Crippen LogP contribution is 2.24. The molecule has 2 aliphatic rings. The molecule has 1 N–H and O–H groups in total. The van der Waals surface area contributed by atoms with Gasteiger partial charge in [0.05, 0.1) is 25.8 Å². The van der Waals surface area contributed by atoms with Crippen molar-refractivity contribution in [1.82, 2.24) is 14.9 Å². The maximum Gasteiger partial charge on any atom is 0.317 e. The Morgan fingerprint density at radius 3 is 2.96 bits per heavy atom. The Balaban J connectivity index is 1.81. The number of fused-ring (bicyclic) bond motifs is 3. The molecule has 3 heterocycles. The lowest BCUT2D eigenvalue weighted by molar-refractivity contribution is -0.138. The lowest BCUT2D eigenvalue weighted by Gasteiger charge is -2.31. The second kappa shape index (κ2) is 7.31. The highest BCUT2D eigenvalue weighted by molar-refractivity contribution is 5.69. The van der Waals surface area contributed by atoms with Gasteiger partial charge in [0.25, 0.3) is 0 Å². The molecular formula is C16H25N5O3. The second-order valence-electron chi connectivity index (χ2n) is 6.53. The molecule has 0 aromatic carbocycles. The van der Waals surface area contributed by atoms with E-state index in [-0.39, 0.29) is 18.5 Å². The molecule has 8 heteroatoms. The van der Waals surface area contributed by atoms with Gasteiger partial charge in [-0.25, -0.2) is 9.97 Å². The molecule has 3 rings (SSSR count). The summed E-state index contributed by atoms with van der Waals surface area (Å²) in [5.41, 5.74) is 0. The lowest BCUT2D eigenvalue weighted by atomic mass is 10.1. The molecule has 0 radical (unpaired) electrons. The fraction of sp³-hybridized carbons (Fsp3) is 0.688. The minimum Gasteiger partial charge on any atom is -0.480 e. The summed E-state index contributed by atoms with van der Waals surface area (Å²) >= 11 is 0. The summed E-state index contributed by atoms with van der Waals surface area (Å²) in [6.07, 6.45) is 1.60. The fourth-order valence-electron chi connectivity index (χ4n) is 3.36. The van der Waals surface area contributed by atoms with Gasteiger partial charge in [0.1, 0.15) is 18.0 Å². The number of anilines is 2. The van der Waals surface area contributed by atoms with Crippen molar-refractivity contribution in [3.63, 3.8) is 0 Å². The van der Waals surface area contributed by atoms with E-state index < -0.39 is 5.97 Å². The van der Waals surface area contributed by atoms with E-state index in [1.807, 2.05) is 18.0 Å². The first-order valence-corrected chi connectivity index (χ1v) is 8.38. The molecule has 8 nitrogen and oxygen atoms in total. The molecule has 24 heavy (non-hydrogen) atoms. The number of carboxylic acid groups (broad SMARTS) is 1. The van der Waals surface area contributed by atoms with Gasteiger partial charge in [-0.1, -0.05) is 0 Å². The predicted molar refractivity (Wildman–Crippen MR) is 90.5 cm³/mol. The van der Waals surface area contributed by atoms with Crippen LogP contribution in [0.5, 0.6) is 0 Å². The Morgan fingerprint density at radius 1 is 1.38 bits per heavy atom. The number of rotatable bonds is 5. The standard InChI is InChI=1S/C16H25N5O3/c1-3-19(2)14-4-15(18-11-17-14)21-6-12-5-20(8-16(22)23)13(7-21)10-24-9-12/h4,11-13H,3,5-10H2,1-2H3,(H,22,23)/t12-,13+/m1/s1. The zero-order valence-corrected chi connectivity index (χ0v) is 14.3. The van der Waals surface area contributed by atoms with Crippen LogP contribution in [0.3, 0.4) is 0 Å². The third-order valence-electron chi connectivity index (χ3n) is 4.75. The summed E-state index contributed by atoms with van der Waals surface area (Å²) in [6.45, 7) is 6.53.